The fraction of sp³-hybridized carbons (Fsp3) is 0.290. The number of hydrogen-bond acceptors (Lipinski definition) is 13. The number of benzene rings is 3. The number of Topliss-reactive ketones (excluding diaryl/α,β-unsaturated/α-hetero) is 4. The normalized spacial score (nSPS) is 11.2. The van der Waals surface area contributed by atoms with Crippen LogP contribution in [0.1, 0.15) is 31.4 Å². The van der Waals surface area contributed by atoms with Crippen LogP contribution in [0.4, 0.5) is 11.4 Å². The number of carbonyl (C=O) groups excluding carboxylic acids is 4. The van der Waals surface area contributed by atoms with E-state index in [1.165, 1.54) is 39.2 Å². The number of nitrogens with zero attached hydrogens (tertiary/aromatic N) is 3. The molecule has 0 aliphatic rings. The molecule has 3 aromatic carbocycles. The fourth-order valence-corrected chi connectivity index (χ4v) is 3.41. The second-order valence-corrected chi connectivity index (χ2v) is 12.9. The first-order chi connectivity index (χ1) is 22.6. The molecule has 18 heteroatoms. The topological polar surface area (TPSA) is 254 Å². The lowest BCUT2D eigenvalue weighted by Crippen LogP contribution is -2.27. The van der Waals surface area contributed by atoms with Crippen LogP contribution in [0.3, 0.4) is 0 Å². The van der Waals surface area contributed by atoms with Crippen LogP contribution in [-0.2, 0) is 52.3 Å². The summed E-state index contributed by atoms with van der Waals surface area (Å²) in [6, 6.07) is 21.0. The Morgan fingerprint density at radius 2 is 1.27 bits per heavy atom. The van der Waals surface area contributed by atoms with Crippen molar-refractivity contribution >= 4 is 54.7 Å². The number of non-ortho nitro benzene ring substituents is 1. The van der Waals surface area contributed by atoms with E-state index in [4.69, 9.17) is 13.8 Å². The van der Waals surface area contributed by atoms with Crippen LogP contribution < -0.4 is 4.74 Å². The predicted molar refractivity (Wildman–Crippen MR) is 179 cm³/mol. The van der Waals surface area contributed by atoms with Crippen LogP contribution in [0, 0.1) is 10.1 Å². The van der Waals surface area contributed by atoms with Crippen LogP contribution in [0.2, 0.25) is 0 Å². The number of hydrogen-bond donors (Lipinski definition) is 2. The van der Waals surface area contributed by atoms with Gasteiger partial charge in [0.15, 0.2) is 23.4 Å². The van der Waals surface area contributed by atoms with Gasteiger partial charge in [0.2, 0.25) is 0 Å². The summed E-state index contributed by atoms with van der Waals surface area (Å²) >= 11 is 0. The second-order valence-electron chi connectivity index (χ2n) is 10.0. The van der Waals surface area contributed by atoms with Crippen molar-refractivity contribution < 1.29 is 54.8 Å². The van der Waals surface area contributed by atoms with Crippen molar-refractivity contribution in [2.45, 2.75) is 39.2 Å². The van der Waals surface area contributed by atoms with Crippen molar-refractivity contribution in [3.05, 3.63) is 100 Å². The first kappa shape index (κ1) is 44.0. The second kappa shape index (κ2) is 21.8. The average Bonchev–Trinajstić information content (AvgIpc) is 2.96. The average molecular weight is 724 g/mol. The van der Waals surface area contributed by atoms with Gasteiger partial charge in [-0.15, -0.1) is 0 Å². The fourth-order valence-electron chi connectivity index (χ4n) is 3.41. The number of ketones is 4. The Morgan fingerprint density at radius 1 is 0.816 bits per heavy atom. The predicted octanol–water partition coefficient (Wildman–Crippen LogP) is 4.24. The molecule has 3 rings (SSSR count). The first-order valence-corrected chi connectivity index (χ1v) is 17.5. The zero-order valence-corrected chi connectivity index (χ0v) is 28.9. The third-order valence-electron chi connectivity index (χ3n) is 5.26. The Kier molecular flexibility index (Phi) is 19.5. The highest BCUT2D eigenvalue weighted by Crippen LogP contribution is 2.31. The molecule has 1 atom stereocenters. The first-order valence-electron chi connectivity index (χ1n) is 13.8. The molecular formula is C31H37N3O13S2. The molecule has 2 N–H and O–H groups in total. The Labute approximate surface area is 283 Å². The maximum atomic E-state index is 12.4. The molecule has 0 spiro atoms. The quantitative estimate of drug-likeness (QED) is 0.0873. The van der Waals surface area contributed by atoms with Gasteiger partial charge in [0.05, 0.1) is 37.0 Å². The van der Waals surface area contributed by atoms with E-state index < -0.39 is 37.0 Å². The lowest BCUT2D eigenvalue weighted by Gasteiger charge is -2.08. The summed E-state index contributed by atoms with van der Waals surface area (Å²) in [5.41, 5.74) is 1.77. The minimum absolute atomic E-state index is 0.0151. The number of rotatable bonds is 12. The van der Waals surface area contributed by atoms with Gasteiger partial charge < -0.3 is 4.74 Å². The van der Waals surface area contributed by atoms with Gasteiger partial charge in [-0.05, 0) is 31.0 Å². The van der Waals surface area contributed by atoms with Crippen molar-refractivity contribution in [1.29, 1.82) is 0 Å². The van der Waals surface area contributed by atoms with E-state index >= 15 is 0 Å². The highest BCUT2D eigenvalue weighted by Gasteiger charge is 2.23. The van der Waals surface area contributed by atoms with Crippen molar-refractivity contribution in [3.8, 4) is 5.75 Å². The standard InChI is InChI=1S/C18H17N3O5.C11H12O2.2CH4O3S/c1-12(22)18(16(23)10-13-6-4-3-5-7-13)20-19-15-9-8-14(21(24)25)11-17(15)26-2;1-9(12)7-11(13)8-10-5-3-2-4-6-10;2*1-5(2,3)4/h3-9,11,18H,10H2,1-2H3;2-6H,7-8H2,1H3;2*1H3,(H,2,3,4). The van der Waals surface area contributed by atoms with Gasteiger partial charge in [-0.25, -0.2) is 0 Å². The molecule has 0 heterocycles. The number of carbonyl (C=O) groups is 4. The Balaban J connectivity index is 0.000000824. The molecular weight excluding hydrogens is 686 g/mol. The summed E-state index contributed by atoms with van der Waals surface area (Å²) in [4.78, 5) is 56.2. The molecule has 0 amide bonds. The molecule has 0 saturated carbocycles. The largest absolute Gasteiger partial charge is 0.494 e. The van der Waals surface area contributed by atoms with E-state index in [9.17, 15) is 46.1 Å². The molecule has 16 nitrogen and oxygen atoms in total. The Morgan fingerprint density at radius 3 is 1.65 bits per heavy atom. The molecule has 49 heavy (non-hydrogen) atoms. The lowest BCUT2D eigenvalue weighted by molar-refractivity contribution is -0.384. The maximum absolute atomic E-state index is 12.4. The van der Waals surface area contributed by atoms with E-state index in [1.807, 2.05) is 36.4 Å². The van der Waals surface area contributed by atoms with Gasteiger partial charge in [0, 0.05) is 18.9 Å². The van der Waals surface area contributed by atoms with Crippen LogP contribution in [0.15, 0.2) is 89.1 Å². The molecule has 1 unspecified atom stereocenters. The molecule has 266 valence electrons. The molecule has 0 aliphatic heterocycles. The van der Waals surface area contributed by atoms with E-state index in [-0.39, 0.29) is 47.3 Å². The number of nitro groups is 1. The van der Waals surface area contributed by atoms with Crippen LogP contribution in [0.25, 0.3) is 0 Å². The summed E-state index contributed by atoms with van der Waals surface area (Å²) in [6.07, 6.45) is 1.90. The van der Waals surface area contributed by atoms with E-state index in [0.29, 0.717) is 18.9 Å². The zero-order valence-electron chi connectivity index (χ0n) is 27.2. The molecule has 0 bridgehead atoms. The molecule has 0 saturated heterocycles. The number of methoxy groups -OCH3 is 1. The van der Waals surface area contributed by atoms with Gasteiger partial charge in [-0.1, -0.05) is 60.7 Å². The number of nitro benzene ring substituents is 1. The zero-order chi connectivity index (χ0) is 37.8. The maximum Gasteiger partial charge on any atom is 0.273 e. The number of azo groups is 1. The summed E-state index contributed by atoms with van der Waals surface area (Å²) in [5.74, 6) is -0.774. The van der Waals surface area contributed by atoms with Crippen molar-refractivity contribution in [1.82, 2.24) is 0 Å². The number of ether oxygens (including phenoxy) is 1. The summed E-state index contributed by atoms with van der Waals surface area (Å²) in [7, 11) is -6.00. The minimum Gasteiger partial charge on any atom is -0.494 e. The lowest BCUT2D eigenvalue weighted by atomic mass is 10.0. The summed E-state index contributed by atoms with van der Waals surface area (Å²) in [6.45, 7) is 2.70. The highest BCUT2D eigenvalue weighted by molar-refractivity contribution is 7.85. The van der Waals surface area contributed by atoms with E-state index in [2.05, 4.69) is 10.2 Å². The SMILES string of the molecule is CC(=O)CC(=O)Cc1ccccc1.COc1cc([N+](=O)[O-])ccc1N=NC(C(C)=O)C(=O)Cc1ccccc1.CS(=O)(=O)O.CS(=O)(=O)O. The third-order valence-corrected chi connectivity index (χ3v) is 5.26. The molecule has 3 aromatic rings. The molecule has 0 fully saturated rings. The van der Waals surface area contributed by atoms with Gasteiger partial charge in [0.1, 0.15) is 17.3 Å². The molecule has 0 aliphatic carbocycles. The van der Waals surface area contributed by atoms with Gasteiger partial charge >= 0.3 is 0 Å². The Bertz CT molecular complexity index is 1770. The van der Waals surface area contributed by atoms with E-state index in [1.54, 1.807) is 24.3 Å². The Hall–Kier alpha value is -5.04. The van der Waals surface area contributed by atoms with Crippen LogP contribution >= 0.6 is 0 Å². The van der Waals surface area contributed by atoms with Crippen molar-refractivity contribution in [2.75, 3.05) is 19.6 Å². The van der Waals surface area contributed by atoms with Crippen LogP contribution in [-0.4, -0.2) is 79.7 Å². The highest BCUT2D eigenvalue weighted by atomic mass is 32.2. The van der Waals surface area contributed by atoms with Crippen molar-refractivity contribution in [3.63, 3.8) is 0 Å². The minimum atomic E-state index is -3.67. The van der Waals surface area contributed by atoms with Crippen LogP contribution in [0.5, 0.6) is 5.75 Å². The van der Waals surface area contributed by atoms with Gasteiger partial charge in [-0.3, -0.25) is 38.4 Å². The smallest absolute Gasteiger partial charge is 0.273 e. The third kappa shape index (κ3) is 23.9. The van der Waals surface area contributed by atoms with Crippen molar-refractivity contribution in [2.24, 2.45) is 10.2 Å². The van der Waals surface area contributed by atoms with E-state index in [0.717, 1.165) is 11.1 Å². The summed E-state index contributed by atoms with van der Waals surface area (Å²) < 4.78 is 56.8. The van der Waals surface area contributed by atoms with Gasteiger partial charge in [-0.2, -0.15) is 27.1 Å². The summed E-state index contributed by atoms with van der Waals surface area (Å²) in [5, 5.41) is 18.6. The van der Waals surface area contributed by atoms with Gasteiger partial charge in [0.25, 0.3) is 25.9 Å². The molecule has 0 radical (unpaired) electrons. The monoisotopic (exact) mass is 723 g/mol. The molecule has 0 aromatic heterocycles.